The first kappa shape index (κ1) is 15.8. The summed E-state index contributed by atoms with van der Waals surface area (Å²) in [5.41, 5.74) is 0.133. The second-order valence-corrected chi connectivity index (χ2v) is 8.24. The fraction of sp³-hybridized carbons (Fsp3) is 0.941. The smallest absolute Gasteiger partial charge is 0.108 e. The lowest BCUT2D eigenvalue weighted by Gasteiger charge is -2.30. The van der Waals surface area contributed by atoms with Gasteiger partial charge in [0.1, 0.15) is 5.54 Å². The van der Waals surface area contributed by atoms with Gasteiger partial charge in [0.2, 0.25) is 0 Å². The third-order valence-corrected chi connectivity index (χ3v) is 5.23. The molecule has 2 aliphatic rings. The molecule has 0 aromatic rings. The van der Waals surface area contributed by atoms with Gasteiger partial charge >= 0.3 is 0 Å². The van der Waals surface area contributed by atoms with Crippen molar-refractivity contribution < 1.29 is 0 Å². The van der Waals surface area contributed by atoms with Gasteiger partial charge in [-0.1, -0.05) is 20.8 Å². The van der Waals surface area contributed by atoms with E-state index in [1.54, 1.807) is 0 Å². The van der Waals surface area contributed by atoms with Crippen molar-refractivity contribution in [1.29, 1.82) is 5.26 Å². The minimum atomic E-state index is -0.279. The van der Waals surface area contributed by atoms with Gasteiger partial charge in [-0.15, -0.1) is 0 Å². The van der Waals surface area contributed by atoms with E-state index >= 15 is 0 Å². The fourth-order valence-electron chi connectivity index (χ4n) is 3.97. The first-order chi connectivity index (χ1) is 9.26. The zero-order valence-electron chi connectivity index (χ0n) is 13.9. The summed E-state index contributed by atoms with van der Waals surface area (Å²) in [7, 11) is 0. The molecule has 1 N–H and O–H groups in total. The van der Waals surface area contributed by atoms with Gasteiger partial charge in [0.15, 0.2) is 0 Å². The van der Waals surface area contributed by atoms with E-state index in [4.69, 9.17) is 0 Å². The van der Waals surface area contributed by atoms with Crippen LogP contribution < -0.4 is 5.32 Å². The van der Waals surface area contributed by atoms with Crippen molar-refractivity contribution in [2.45, 2.75) is 77.9 Å². The molecule has 114 valence electrons. The maximum absolute atomic E-state index is 9.58. The Bertz CT molecular complexity index is 377. The highest BCUT2D eigenvalue weighted by molar-refractivity contribution is 5.14. The molecule has 2 fully saturated rings. The van der Waals surface area contributed by atoms with Gasteiger partial charge in [-0.3, -0.25) is 10.2 Å². The van der Waals surface area contributed by atoms with E-state index in [0.717, 1.165) is 18.8 Å². The van der Waals surface area contributed by atoms with E-state index in [2.05, 4.69) is 50.9 Å². The molecule has 0 aromatic heterocycles. The van der Waals surface area contributed by atoms with Crippen molar-refractivity contribution in [2.24, 2.45) is 11.3 Å². The predicted octanol–water partition coefficient (Wildman–Crippen LogP) is 3.17. The molecule has 3 nitrogen and oxygen atoms in total. The highest BCUT2D eigenvalue weighted by Gasteiger charge is 2.44. The summed E-state index contributed by atoms with van der Waals surface area (Å²) in [4.78, 5) is 2.65. The van der Waals surface area contributed by atoms with Crippen LogP contribution >= 0.6 is 0 Å². The van der Waals surface area contributed by atoms with E-state index in [-0.39, 0.29) is 5.54 Å². The summed E-state index contributed by atoms with van der Waals surface area (Å²) in [5.74, 6) is 0.803. The molecular weight excluding hydrogens is 246 g/mol. The molecule has 3 heteroatoms. The lowest BCUT2D eigenvalue weighted by atomic mass is 9.80. The molecule has 1 saturated heterocycles. The Hall–Kier alpha value is -0.590. The second kappa shape index (κ2) is 5.66. The molecule has 0 amide bonds. The van der Waals surface area contributed by atoms with E-state index < -0.39 is 0 Å². The van der Waals surface area contributed by atoms with Gasteiger partial charge in [-0.25, -0.2) is 0 Å². The average Bonchev–Trinajstić information content (AvgIpc) is 2.93. The lowest BCUT2D eigenvalue weighted by molar-refractivity contribution is 0.191. The molecular formula is C17H31N3. The van der Waals surface area contributed by atoms with Crippen molar-refractivity contribution >= 4 is 0 Å². The van der Waals surface area contributed by atoms with Crippen molar-refractivity contribution in [3.8, 4) is 6.07 Å². The first-order valence-electron chi connectivity index (χ1n) is 8.19. The zero-order chi connectivity index (χ0) is 15.0. The topological polar surface area (TPSA) is 39.1 Å². The largest absolute Gasteiger partial charge is 0.300 e. The molecule has 0 spiro atoms. The van der Waals surface area contributed by atoms with Crippen molar-refractivity contribution in [1.82, 2.24) is 10.2 Å². The third-order valence-electron chi connectivity index (χ3n) is 5.23. The molecule has 3 atom stereocenters. The first-order valence-corrected chi connectivity index (χ1v) is 8.19. The molecule has 2 rings (SSSR count). The van der Waals surface area contributed by atoms with Crippen LogP contribution in [0.2, 0.25) is 0 Å². The van der Waals surface area contributed by atoms with Crippen LogP contribution in [0.25, 0.3) is 0 Å². The monoisotopic (exact) mass is 277 g/mol. The Kier molecular flexibility index (Phi) is 4.47. The summed E-state index contributed by atoms with van der Waals surface area (Å²) < 4.78 is 0. The second-order valence-electron chi connectivity index (χ2n) is 8.24. The highest BCUT2D eigenvalue weighted by Crippen LogP contribution is 2.39. The molecule has 1 aliphatic heterocycles. The molecule has 20 heavy (non-hydrogen) atoms. The van der Waals surface area contributed by atoms with Crippen LogP contribution in [-0.2, 0) is 0 Å². The number of nitrogens with zero attached hydrogens (tertiary/aromatic N) is 2. The van der Waals surface area contributed by atoms with Gasteiger partial charge in [-0.05, 0) is 57.4 Å². The number of hydrogen-bond donors (Lipinski definition) is 1. The van der Waals surface area contributed by atoms with Gasteiger partial charge in [0.25, 0.3) is 0 Å². The van der Waals surface area contributed by atoms with Crippen molar-refractivity contribution in [3.63, 3.8) is 0 Å². The maximum atomic E-state index is 9.58. The molecule has 1 aliphatic carbocycles. The maximum Gasteiger partial charge on any atom is 0.108 e. The van der Waals surface area contributed by atoms with Crippen molar-refractivity contribution in [3.05, 3.63) is 0 Å². The Morgan fingerprint density at radius 3 is 2.50 bits per heavy atom. The normalized spacial score (nSPS) is 35.6. The SMILES string of the molecule is CC(C)NC1(C#N)CCC(N2CCC(C(C)(C)C)C2)C1. The standard InChI is InChI=1S/C17H31N3/c1-13(2)19-17(12-18)8-6-15(10-17)20-9-7-14(11-20)16(3,4)5/h13-15,19H,6-11H2,1-5H3. The van der Waals surface area contributed by atoms with Crippen LogP contribution in [0, 0.1) is 22.7 Å². The minimum absolute atomic E-state index is 0.279. The Morgan fingerprint density at radius 2 is 2.00 bits per heavy atom. The van der Waals surface area contributed by atoms with Crippen LogP contribution in [0.3, 0.4) is 0 Å². The summed E-state index contributed by atoms with van der Waals surface area (Å²) in [6.45, 7) is 13.8. The number of nitrogens with one attached hydrogen (secondary N) is 1. The minimum Gasteiger partial charge on any atom is -0.300 e. The summed E-state index contributed by atoms with van der Waals surface area (Å²) >= 11 is 0. The Balaban J connectivity index is 1.95. The van der Waals surface area contributed by atoms with Crippen LogP contribution in [0.5, 0.6) is 0 Å². The number of rotatable bonds is 3. The van der Waals surface area contributed by atoms with E-state index in [9.17, 15) is 5.26 Å². The van der Waals surface area contributed by atoms with Crippen LogP contribution in [-0.4, -0.2) is 35.6 Å². The average molecular weight is 277 g/mol. The van der Waals surface area contributed by atoms with E-state index in [1.165, 1.54) is 25.9 Å². The molecule has 0 aromatic carbocycles. The van der Waals surface area contributed by atoms with Crippen molar-refractivity contribution in [2.75, 3.05) is 13.1 Å². The molecule has 1 heterocycles. The van der Waals surface area contributed by atoms with Crippen LogP contribution in [0.15, 0.2) is 0 Å². The quantitative estimate of drug-likeness (QED) is 0.861. The molecule has 0 radical (unpaired) electrons. The van der Waals surface area contributed by atoms with Gasteiger partial charge in [0.05, 0.1) is 6.07 Å². The third kappa shape index (κ3) is 3.35. The lowest BCUT2D eigenvalue weighted by Crippen LogP contribution is -2.47. The fourth-order valence-corrected chi connectivity index (χ4v) is 3.97. The zero-order valence-corrected chi connectivity index (χ0v) is 13.9. The van der Waals surface area contributed by atoms with Crippen LogP contribution in [0.1, 0.15) is 60.3 Å². The Morgan fingerprint density at radius 1 is 1.30 bits per heavy atom. The Labute approximate surface area is 124 Å². The van der Waals surface area contributed by atoms with Gasteiger partial charge < -0.3 is 0 Å². The van der Waals surface area contributed by atoms with E-state index in [1.807, 2.05) is 0 Å². The van der Waals surface area contributed by atoms with E-state index in [0.29, 0.717) is 17.5 Å². The summed E-state index contributed by atoms with van der Waals surface area (Å²) in [5, 5.41) is 13.1. The number of nitriles is 1. The van der Waals surface area contributed by atoms with Gasteiger partial charge in [0, 0.05) is 18.6 Å². The summed E-state index contributed by atoms with van der Waals surface area (Å²) in [6, 6.07) is 3.55. The highest BCUT2D eigenvalue weighted by atomic mass is 15.2. The number of likely N-dealkylation sites (tertiary alicyclic amines) is 1. The summed E-state index contributed by atoms with van der Waals surface area (Å²) in [6.07, 6.45) is 4.49. The molecule has 3 unspecified atom stereocenters. The molecule has 1 saturated carbocycles. The molecule has 0 bridgehead atoms. The predicted molar refractivity (Wildman–Crippen MR) is 83.4 cm³/mol. The van der Waals surface area contributed by atoms with Crippen LogP contribution in [0.4, 0.5) is 0 Å². The number of hydrogen-bond acceptors (Lipinski definition) is 3. The van der Waals surface area contributed by atoms with Gasteiger partial charge in [-0.2, -0.15) is 5.26 Å².